The molecule has 4 rings (SSSR count). The van der Waals surface area contributed by atoms with E-state index < -0.39 is 0 Å². The number of aryl methyl sites for hydroxylation is 2. The number of aromatic nitrogens is 4. The summed E-state index contributed by atoms with van der Waals surface area (Å²) in [6.07, 6.45) is 0. The third-order valence-electron chi connectivity index (χ3n) is 4.11. The molecule has 26 heavy (non-hydrogen) atoms. The molecule has 130 valence electrons. The molecule has 0 fully saturated rings. The van der Waals surface area contributed by atoms with Gasteiger partial charge in [0, 0.05) is 17.7 Å². The fourth-order valence-corrected chi connectivity index (χ4v) is 3.48. The molecule has 2 heterocycles. The van der Waals surface area contributed by atoms with Gasteiger partial charge < -0.3 is 5.32 Å². The number of carbonyl (C=O) groups excluding carboxylic acids is 1. The van der Waals surface area contributed by atoms with Crippen LogP contribution in [0.1, 0.15) is 27.3 Å². The van der Waals surface area contributed by atoms with Crippen LogP contribution in [0.4, 0.5) is 0 Å². The molecule has 0 aliphatic rings. The van der Waals surface area contributed by atoms with Crippen molar-refractivity contribution in [1.29, 1.82) is 0 Å². The summed E-state index contributed by atoms with van der Waals surface area (Å²) in [6, 6.07) is 15.6. The first-order valence-electron chi connectivity index (χ1n) is 8.23. The number of benzene rings is 2. The lowest BCUT2D eigenvalue weighted by molar-refractivity contribution is 0.0951. The van der Waals surface area contributed by atoms with E-state index in [1.165, 1.54) is 11.3 Å². The molecule has 0 aliphatic heterocycles. The van der Waals surface area contributed by atoms with E-state index in [0.717, 1.165) is 32.5 Å². The van der Waals surface area contributed by atoms with Crippen molar-refractivity contribution >= 4 is 22.2 Å². The van der Waals surface area contributed by atoms with Crippen molar-refractivity contribution in [2.75, 3.05) is 0 Å². The summed E-state index contributed by atoms with van der Waals surface area (Å²) in [4.78, 5) is 13.0. The normalized spacial score (nSPS) is 11.0. The maximum absolute atomic E-state index is 12.2. The van der Waals surface area contributed by atoms with Gasteiger partial charge in [0.2, 0.25) is 4.96 Å². The maximum Gasteiger partial charge on any atom is 0.251 e. The molecule has 0 radical (unpaired) electrons. The van der Waals surface area contributed by atoms with Gasteiger partial charge in [-0.2, -0.15) is 9.61 Å². The third-order valence-corrected chi connectivity index (χ3v) is 5.06. The highest BCUT2D eigenvalue weighted by Crippen LogP contribution is 2.25. The first kappa shape index (κ1) is 16.4. The van der Waals surface area contributed by atoms with Gasteiger partial charge in [0.15, 0.2) is 5.82 Å². The van der Waals surface area contributed by atoms with E-state index in [1.807, 2.05) is 62.4 Å². The molecule has 2 aromatic carbocycles. The van der Waals surface area contributed by atoms with Crippen LogP contribution in [0, 0.1) is 13.8 Å². The molecule has 0 saturated carbocycles. The Hall–Kier alpha value is -3.06. The van der Waals surface area contributed by atoms with Crippen molar-refractivity contribution < 1.29 is 4.79 Å². The Labute approximate surface area is 154 Å². The van der Waals surface area contributed by atoms with E-state index in [0.29, 0.717) is 12.1 Å². The van der Waals surface area contributed by atoms with Gasteiger partial charge >= 0.3 is 0 Å². The zero-order chi connectivity index (χ0) is 18.1. The molecule has 1 N–H and O–H groups in total. The van der Waals surface area contributed by atoms with Crippen LogP contribution in [-0.2, 0) is 6.54 Å². The quantitative estimate of drug-likeness (QED) is 0.603. The summed E-state index contributed by atoms with van der Waals surface area (Å²) in [5.74, 6) is 0.705. The van der Waals surface area contributed by atoms with Gasteiger partial charge in [0.1, 0.15) is 5.01 Å². The second-order valence-corrected chi connectivity index (χ2v) is 7.05. The number of rotatable bonds is 4. The summed E-state index contributed by atoms with van der Waals surface area (Å²) in [7, 11) is 0. The van der Waals surface area contributed by atoms with E-state index in [1.54, 1.807) is 4.52 Å². The highest BCUT2D eigenvalue weighted by molar-refractivity contribution is 7.19. The summed E-state index contributed by atoms with van der Waals surface area (Å²) in [5, 5.41) is 16.5. The Morgan fingerprint density at radius 1 is 1.04 bits per heavy atom. The number of nitrogens with one attached hydrogen (secondary N) is 1. The van der Waals surface area contributed by atoms with Gasteiger partial charge in [0.05, 0.1) is 0 Å². The van der Waals surface area contributed by atoms with Gasteiger partial charge in [0.25, 0.3) is 5.91 Å². The number of amides is 1. The lowest BCUT2D eigenvalue weighted by atomic mass is 10.1. The second kappa shape index (κ2) is 6.68. The Morgan fingerprint density at radius 3 is 2.46 bits per heavy atom. The highest BCUT2D eigenvalue weighted by atomic mass is 32.1. The Morgan fingerprint density at radius 2 is 1.77 bits per heavy atom. The minimum atomic E-state index is -0.0711. The summed E-state index contributed by atoms with van der Waals surface area (Å²) >= 11 is 1.50. The average molecular weight is 363 g/mol. The van der Waals surface area contributed by atoms with Gasteiger partial charge in [-0.05, 0) is 31.5 Å². The first-order chi connectivity index (χ1) is 12.6. The average Bonchev–Trinajstić information content (AvgIpc) is 3.23. The van der Waals surface area contributed by atoms with E-state index in [-0.39, 0.29) is 5.91 Å². The molecular weight excluding hydrogens is 346 g/mol. The minimum Gasteiger partial charge on any atom is -0.348 e. The monoisotopic (exact) mass is 363 g/mol. The number of hydrogen-bond donors (Lipinski definition) is 1. The molecular formula is C19H17N5OS. The molecule has 0 atom stereocenters. The summed E-state index contributed by atoms with van der Waals surface area (Å²) < 4.78 is 1.75. The van der Waals surface area contributed by atoms with Crippen LogP contribution in [0.25, 0.3) is 15.5 Å². The predicted octanol–water partition coefficient (Wildman–Crippen LogP) is 3.40. The van der Waals surface area contributed by atoms with Crippen LogP contribution in [0.5, 0.6) is 0 Å². The van der Waals surface area contributed by atoms with Gasteiger partial charge in [-0.25, -0.2) is 0 Å². The number of fused-ring (bicyclic) bond motifs is 1. The molecule has 4 aromatic rings. The summed E-state index contributed by atoms with van der Waals surface area (Å²) in [6.45, 7) is 4.36. The lowest BCUT2D eigenvalue weighted by Gasteiger charge is -2.06. The van der Waals surface area contributed by atoms with Crippen LogP contribution in [-0.4, -0.2) is 25.7 Å². The van der Waals surface area contributed by atoms with Crippen LogP contribution >= 0.6 is 11.3 Å². The molecule has 0 saturated heterocycles. The third kappa shape index (κ3) is 3.21. The fraction of sp³-hybridized carbons (Fsp3) is 0.158. The van der Waals surface area contributed by atoms with E-state index in [9.17, 15) is 4.79 Å². The zero-order valence-electron chi connectivity index (χ0n) is 14.4. The van der Waals surface area contributed by atoms with Crippen molar-refractivity contribution in [3.8, 4) is 10.6 Å². The Balaban J connectivity index is 1.44. The van der Waals surface area contributed by atoms with E-state index in [4.69, 9.17) is 0 Å². The standard InChI is InChI=1S/C19H17N5OS/c1-12-3-7-15(8-4-12)17(25)20-11-14-5-9-16(10-6-14)18-23-24-13(2)21-22-19(24)26-18/h3-10H,11H2,1-2H3,(H,20,25). The summed E-state index contributed by atoms with van der Waals surface area (Å²) in [5.41, 5.74) is 3.86. The molecule has 0 spiro atoms. The number of hydrogen-bond acceptors (Lipinski definition) is 5. The second-order valence-electron chi connectivity index (χ2n) is 6.09. The van der Waals surface area contributed by atoms with Crippen LogP contribution < -0.4 is 5.32 Å². The van der Waals surface area contributed by atoms with Crippen molar-refractivity contribution in [2.45, 2.75) is 20.4 Å². The topological polar surface area (TPSA) is 72.2 Å². The Kier molecular flexibility index (Phi) is 4.22. The molecule has 7 heteroatoms. The Bertz CT molecular complexity index is 1060. The van der Waals surface area contributed by atoms with Crippen molar-refractivity contribution in [2.24, 2.45) is 0 Å². The van der Waals surface area contributed by atoms with E-state index in [2.05, 4.69) is 20.6 Å². The van der Waals surface area contributed by atoms with Crippen LogP contribution in [0.2, 0.25) is 0 Å². The highest BCUT2D eigenvalue weighted by Gasteiger charge is 2.10. The zero-order valence-corrected chi connectivity index (χ0v) is 15.2. The van der Waals surface area contributed by atoms with Gasteiger partial charge in [-0.3, -0.25) is 4.79 Å². The first-order valence-corrected chi connectivity index (χ1v) is 9.05. The van der Waals surface area contributed by atoms with E-state index >= 15 is 0 Å². The van der Waals surface area contributed by atoms with Crippen LogP contribution in [0.15, 0.2) is 48.5 Å². The number of carbonyl (C=O) groups is 1. The molecule has 1 amide bonds. The van der Waals surface area contributed by atoms with Crippen LogP contribution in [0.3, 0.4) is 0 Å². The van der Waals surface area contributed by atoms with Crippen molar-refractivity contribution in [1.82, 2.24) is 25.1 Å². The van der Waals surface area contributed by atoms with Gasteiger partial charge in [-0.15, -0.1) is 10.2 Å². The molecule has 0 unspecified atom stereocenters. The van der Waals surface area contributed by atoms with Crippen molar-refractivity contribution in [3.63, 3.8) is 0 Å². The molecule has 0 bridgehead atoms. The maximum atomic E-state index is 12.2. The van der Waals surface area contributed by atoms with Gasteiger partial charge in [-0.1, -0.05) is 53.3 Å². The molecule has 0 aliphatic carbocycles. The largest absolute Gasteiger partial charge is 0.348 e. The van der Waals surface area contributed by atoms with Crippen molar-refractivity contribution in [3.05, 3.63) is 71.0 Å². The molecule has 6 nitrogen and oxygen atoms in total. The lowest BCUT2D eigenvalue weighted by Crippen LogP contribution is -2.22. The predicted molar refractivity (Wildman–Crippen MR) is 101 cm³/mol. The SMILES string of the molecule is Cc1ccc(C(=O)NCc2ccc(-c3nn4c(C)nnc4s3)cc2)cc1. The minimum absolute atomic E-state index is 0.0711. The molecule has 2 aromatic heterocycles. The fourth-order valence-electron chi connectivity index (χ4n) is 2.59. The smallest absolute Gasteiger partial charge is 0.251 e. The number of nitrogens with zero attached hydrogens (tertiary/aromatic N) is 4.